The van der Waals surface area contributed by atoms with Gasteiger partial charge in [-0.1, -0.05) is 42.5 Å². The minimum atomic E-state index is -1.39. The van der Waals surface area contributed by atoms with Crippen molar-refractivity contribution in [3.63, 3.8) is 0 Å². The van der Waals surface area contributed by atoms with E-state index in [-0.39, 0.29) is 25.3 Å². The summed E-state index contributed by atoms with van der Waals surface area (Å²) >= 11 is -1.39. The van der Waals surface area contributed by atoms with E-state index < -0.39 is 27.9 Å². The van der Waals surface area contributed by atoms with E-state index >= 15 is 4.39 Å². The summed E-state index contributed by atoms with van der Waals surface area (Å²) < 4.78 is 42.5. The average molecular weight is 587 g/mol. The van der Waals surface area contributed by atoms with Gasteiger partial charge in [0, 0.05) is 39.6 Å². The summed E-state index contributed by atoms with van der Waals surface area (Å²) in [4.78, 5) is 15.7. The zero-order valence-corrected chi connectivity index (χ0v) is 24.3. The Morgan fingerprint density at radius 3 is 2.57 bits per heavy atom. The molecule has 1 unspecified atom stereocenters. The lowest BCUT2D eigenvalue weighted by Crippen LogP contribution is -2.39. The molecule has 42 heavy (non-hydrogen) atoms. The molecule has 2 heterocycles. The molecule has 3 aromatic carbocycles. The molecule has 0 amide bonds. The first-order chi connectivity index (χ1) is 20.1. The van der Waals surface area contributed by atoms with Crippen LogP contribution >= 0.6 is 0 Å². The first-order valence-electron chi connectivity index (χ1n) is 13.4. The van der Waals surface area contributed by atoms with Crippen molar-refractivity contribution in [3.05, 3.63) is 108 Å². The molecular weight excluding hydrogens is 555 g/mol. The molecule has 0 aliphatic carbocycles. The molecule has 5 aromatic rings. The zero-order chi connectivity index (χ0) is 29.9. The Bertz CT molecular complexity index is 1720. The number of benzene rings is 3. The first-order valence-corrected chi connectivity index (χ1v) is 14.6. The van der Waals surface area contributed by atoms with Crippen LogP contribution in [0.15, 0.2) is 89.7 Å². The lowest BCUT2D eigenvalue weighted by Gasteiger charge is -2.23. The highest BCUT2D eigenvalue weighted by Gasteiger charge is 2.27. The fraction of sp³-hybridized carbons (Fsp3) is 0.212. The Balaban J connectivity index is 1.46. The Morgan fingerprint density at radius 2 is 1.83 bits per heavy atom. The van der Waals surface area contributed by atoms with Crippen molar-refractivity contribution in [2.75, 3.05) is 0 Å². The zero-order valence-electron chi connectivity index (χ0n) is 23.5. The summed E-state index contributed by atoms with van der Waals surface area (Å²) in [7, 11) is 0. The number of hydrogen-bond donors (Lipinski definition) is 2. The van der Waals surface area contributed by atoms with Gasteiger partial charge >= 0.3 is 5.97 Å². The Morgan fingerprint density at radius 1 is 1.05 bits per heavy atom. The number of carboxylic acid groups (broad SMARTS) is 1. The van der Waals surface area contributed by atoms with E-state index in [4.69, 9.17) is 9.15 Å². The van der Waals surface area contributed by atoms with Crippen LogP contribution < -0.4 is 9.46 Å². The van der Waals surface area contributed by atoms with Crippen molar-refractivity contribution >= 4 is 28.3 Å². The van der Waals surface area contributed by atoms with Gasteiger partial charge in [0.05, 0.1) is 24.9 Å². The van der Waals surface area contributed by atoms with Crippen LogP contribution in [0.5, 0.6) is 5.75 Å². The molecule has 0 saturated carbocycles. The molecule has 2 aromatic heterocycles. The molecule has 0 fully saturated rings. The summed E-state index contributed by atoms with van der Waals surface area (Å²) in [5.41, 5.74) is 4.66. The molecule has 0 spiro atoms. The number of nitrogens with one attached hydrogen (secondary N) is 1. The van der Waals surface area contributed by atoms with Crippen LogP contribution in [-0.4, -0.2) is 25.4 Å². The largest absolute Gasteiger partial charge is 0.598 e. The summed E-state index contributed by atoms with van der Waals surface area (Å²) in [5.74, 6) is -1.03. The van der Waals surface area contributed by atoms with Gasteiger partial charge in [-0.05, 0) is 67.8 Å². The highest BCUT2D eigenvalue weighted by atomic mass is 32.2. The van der Waals surface area contributed by atoms with Crippen LogP contribution in [0.3, 0.4) is 0 Å². The number of aliphatic carboxylic acids is 1. The molecule has 2 N–H and O–H groups in total. The number of pyridine rings is 1. The van der Waals surface area contributed by atoms with Crippen molar-refractivity contribution in [1.29, 1.82) is 0 Å². The Labute approximate surface area is 246 Å². The lowest BCUT2D eigenvalue weighted by molar-refractivity contribution is -0.136. The second-order valence-electron chi connectivity index (χ2n) is 10.9. The molecular formula is C33H31FN2O5S. The van der Waals surface area contributed by atoms with Crippen molar-refractivity contribution in [1.82, 2.24) is 9.71 Å². The molecule has 0 radical (unpaired) electrons. The monoisotopic (exact) mass is 586 g/mol. The van der Waals surface area contributed by atoms with Gasteiger partial charge in [-0.15, -0.1) is 4.72 Å². The highest BCUT2D eigenvalue weighted by molar-refractivity contribution is 7.90. The number of rotatable bonds is 10. The third-order valence-electron chi connectivity index (χ3n) is 6.70. The number of nitrogens with zero attached hydrogens (tertiary/aromatic N) is 1. The molecule has 0 aliphatic rings. The summed E-state index contributed by atoms with van der Waals surface area (Å²) in [6.45, 7) is 5.61. The fourth-order valence-corrected chi connectivity index (χ4v) is 5.27. The number of furan rings is 1. The van der Waals surface area contributed by atoms with Gasteiger partial charge in [0.2, 0.25) is 0 Å². The van der Waals surface area contributed by atoms with E-state index in [0.29, 0.717) is 28.0 Å². The standard InChI is InChI=1S/C33H31FN2O5S/c1-33(2,3)42(39)36-19-28-31(34)26(11-13-35-28)27-16-21(15-25-12-14-40-32(25)27)20-41-29-17-23(22-7-5-4-6-8-22)9-10-24(29)18-30(37)38/h4-17,36H,18-20H2,1-3H3,(H,37,38). The van der Waals surface area contributed by atoms with Crippen molar-refractivity contribution in [3.8, 4) is 28.0 Å². The third-order valence-corrected chi connectivity index (χ3v) is 8.22. The lowest BCUT2D eigenvalue weighted by atomic mass is 10.00. The van der Waals surface area contributed by atoms with Gasteiger partial charge < -0.3 is 18.8 Å². The van der Waals surface area contributed by atoms with Gasteiger partial charge in [0.1, 0.15) is 22.7 Å². The number of fused-ring (bicyclic) bond motifs is 1. The maximum absolute atomic E-state index is 15.8. The van der Waals surface area contributed by atoms with E-state index in [0.717, 1.165) is 22.1 Å². The van der Waals surface area contributed by atoms with Crippen LogP contribution in [0.2, 0.25) is 0 Å². The van der Waals surface area contributed by atoms with Crippen LogP contribution in [0, 0.1) is 5.82 Å². The second kappa shape index (κ2) is 12.4. The van der Waals surface area contributed by atoms with Crippen LogP contribution in [0.25, 0.3) is 33.2 Å². The van der Waals surface area contributed by atoms with E-state index in [2.05, 4.69) is 9.71 Å². The number of carboxylic acids is 1. The average Bonchev–Trinajstić information content (AvgIpc) is 3.44. The molecule has 9 heteroatoms. The second-order valence-corrected chi connectivity index (χ2v) is 12.9. The third kappa shape index (κ3) is 6.65. The van der Waals surface area contributed by atoms with Gasteiger partial charge in [-0.2, -0.15) is 0 Å². The van der Waals surface area contributed by atoms with E-state index in [1.54, 1.807) is 30.5 Å². The van der Waals surface area contributed by atoms with Crippen molar-refractivity contribution in [2.24, 2.45) is 0 Å². The minimum Gasteiger partial charge on any atom is -0.598 e. The van der Waals surface area contributed by atoms with Gasteiger partial charge in [-0.3, -0.25) is 9.78 Å². The van der Waals surface area contributed by atoms with Crippen LogP contribution in [0.4, 0.5) is 4.39 Å². The van der Waals surface area contributed by atoms with Crippen molar-refractivity contribution < 1.29 is 28.0 Å². The number of hydrogen-bond acceptors (Lipinski definition) is 6. The van der Waals surface area contributed by atoms with Crippen LogP contribution in [0.1, 0.15) is 37.6 Å². The SMILES string of the molecule is CC(C)(C)[S+]([O-])NCc1nccc(-c2cc(COc3cc(-c4ccccc4)ccc3CC(=O)O)cc3ccoc23)c1F. The quantitative estimate of drug-likeness (QED) is 0.169. The van der Waals surface area contributed by atoms with E-state index in [1.165, 1.54) is 6.20 Å². The molecule has 1 atom stereocenters. The van der Waals surface area contributed by atoms with Crippen molar-refractivity contribution in [2.45, 2.75) is 45.1 Å². The van der Waals surface area contributed by atoms with Gasteiger partial charge in [0.15, 0.2) is 5.82 Å². The van der Waals surface area contributed by atoms with Crippen LogP contribution in [-0.2, 0) is 35.7 Å². The molecule has 0 aliphatic heterocycles. The maximum Gasteiger partial charge on any atom is 0.307 e. The fourth-order valence-electron chi connectivity index (χ4n) is 4.57. The van der Waals surface area contributed by atoms with Gasteiger partial charge in [-0.25, -0.2) is 4.39 Å². The minimum absolute atomic E-state index is 0.00222. The maximum atomic E-state index is 15.8. The number of carbonyl (C=O) groups is 1. The smallest absolute Gasteiger partial charge is 0.307 e. The highest BCUT2D eigenvalue weighted by Crippen LogP contribution is 2.34. The number of aromatic nitrogens is 1. The molecule has 5 rings (SSSR count). The summed E-state index contributed by atoms with van der Waals surface area (Å²) in [6.07, 6.45) is 2.87. The van der Waals surface area contributed by atoms with Gasteiger partial charge in [0.25, 0.3) is 0 Å². The summed E-state index contributed by atoms with van der Waals surface area (Å²) in [5, 5.41) is 10.2. The Hall–Kier alpha value is -4.18. The van der Waals surface area contributed by atoms with E-state index in [1.807, 2.05) is 69.3 Å². The molecule has 0 saturated heterocycles. The predicted octanol–water partition coefficient (Wildman–Crippen LogP) is 7.06. The molecule has 216 valence electrons. The predicted molar refractivity (Wildman–Crippen MR) is 162 cm³/mol. The first kappa shape index (κ1) is 29.3. The Kier molecular flexibility index (Phi) is 8.63. The normalized spacial score (nSPS) is 12.4. The number of halogens is 1. The molecule has 0 bridgehead atoms. The number of ether oxygens (including phenoxy) is 1. The summed E-state index contributed by atoms with van der Waals surface area (Å²) in [6, 6.07) is 22.3. The molecule has 7 nitrogen and oxygen atoms in total. The topological polar surface area (TPSA) is 108 Å². The van der Waals surface area contributed by atoms with E-state index in [9.17, 15) is 14.5 Å².